The minimum Gasteiger partial charge on any atom is -0.385 e. The molecule has 0 bridgehead atoms. The normalized spacial score (nSPS) is 19.9. The Morgan fingerprint density at radius 3 is 2.74 bits per heavy atom. The number of rotatable bonds is 7. The number of nitrogens with zero attached hydrogens (tertiary/aromatic N) is 4. The summed E-state index contributed by atoms with van der Waals surface area (Å²) in [5.74, 6) is -2.69. The van der Waals surface area contributed by atoms with Gasteiger partial charge >= 0.3 is 0 Å². The highest BCUT2D eigenvalue weighted by Gasteiger charge is 2.46. The van der Waals surface area contributed by atoms with Crippen LogP contribution in [0, 0.1) is 0 Å². The summed E-state index contributed by atoms with van der Waals surface area (Å²) in [6, 6.07) is 10.9. The summed E-state index contributed by atoms with van der Waals surface area (Å²) in [5.41, 5.74) is 5.06. The fourth-order valence-corrected chi connectivity index (χ4v) is 4.39. The second-order valence-electron chi connectivity index (χ2n) is 9.18. The van der Waals surface area contributed by atoms with Crippen molar-refractivity contribution in [3.8, 4) is 22.4 Å². The lowest BCUT2D eigenvalue weighted by atomic mass is 9.89. The number of anilines is 1. The molecule has 1 aliphatic rings. The van der Waals surface area contributed by atoms with Crippen LogP contribution in [0.1, 0.15) is 24.8 Å². The Hall–Kier alpha value is -3.52. The Labute approximate surface area is 204 Å². The Bertz CT molecular complexity index is 1230. The van der Waals surface area contributed by atoms with Gasteiger partial charge in [-0.3, -0.25) is 4.68 Å². The topological polar surface area (TPSA) is 66.2 Å². The van der Waals surface area contributed by atoms with Crippen molar-refractivity contribution in [2.45, 2.75) is 37.3 Å². The Morgan fingerprint density at radius 1 is 1.26 bits per heavy atom. The van der Waals surface area contributed by atoms with E-state index >= 15 is 0 Å². The first-order valence-electron chi connectivity index (χ1n) is 11.6. The largest absolute Gasteiger partial charge is 0.385 e. The van der Waals surface area contributed by atoms with Crippen molar-refractivity contribution < 1.29 is 13.9 Å². The second-order valence-corrected chi connectivity index (χ2v) is 9.18. The van der Waals surface area contributed by atoms with E-state index in [0.717, 1.165) is 27.8 Å². The monoisotopic (exact) mass is 479 g/mol. The van der Waals surface area contributed by atoms with Crippen LogP contribution in [0.25, 0.3) is 28.0 Å². The van der Waals surface area contributed by atoms with Gasteiger partial charge < -0.3 is 15.3 Å². The second kappa shape index (κ2) is 10.00. The number of nitrogens with one attached hydrogen (secondary N) is 1. The lowest BCUT2D eigenvalue weighted by Gasteiger charge is -2.35. The molecule has 2 N–H and O–H groups in total. The highest BCUT2D eigenvalue weighted by Crippen LogP contribution is 2.37. The Balaban J connectivity index is 1.75. The molecule has 0 aliphatic heterocycles. The third kappa shape index (κ3) is 5.43. The van der Waals surface area contributed by atoms with Crippen LogP contribution in [0.2, 0.25) is 0 Å². The van der Waals surface area contributed by atoms with Gasteiger partial charge in [0.25, 0.3) is 5.92 Å². The van der Waals surface area contributed by atoms with Crippen LogP contribution in [0.15, 0.2) is 67.6 Å². The smallest absolute Gasteiger partial charge is 0.275 e. The van der Waals surface area contributed by atoms with Crippen molar-refractivity contribution >= 4 is 11.4 Å². The van der Waals surface area contributed by atoms with Crippen LogP contribution >= 0.6 is 0 Å². The fraction of sp³-hybridized carbons (Fsp3) is 0.333. The zero-order valence-corrected chi connectivity index (χ0v) is 20.2. The van der Waals surface area contributed by atoms with Gasteiger partial charge in [0.15, 0.2) is 0 Å². The van der Waals surface area contributed by atoms with Gasteiger partial charge in [0.05, 0.1) is 17.9 Å². The number of aryl methyl sites for hydroxylation is 1. The molecule has 3 aromatic rings. The van der Waals surface area contributed by atoms with Crippen LogP contribution < -0.4 is 5.32 Å². The highest BCUT2D eigenvalue weighted by molar-refractivity contribution is 5.80. The maximum atomic E-state index is 14.2. The molecule has 0 radical (unpaired) electrons. The number of hydrogen-bond donors (Lipinski definition) is 2. The van der Waals surface area contributed by atoms with E-state index in [1.165, 1.54) is 0 Å². The van der Waals surface area contributed by atoms with E-state index in [0.29, 0.717) is 24.4 Å². The number of allylic oxidation sites excluding steroid dienone is 2. The maximum absolute atomic E-state index is 14.2. The molecule has 2 atom stereocenters. The van der Waals surface area contributed by atoms with Crippen molar-refractivity contribution in [1.29, 1.82) is 0 Å². The third-order valence-corrected chi connectivity index (χ3v) is 6.18. The molecule has 6 nitrogen and oxygen atoms in total. The molecule has 1 saturated carbocycles. The van der Waals surface area contributed by atoms with Crippen LogP contribution in [0.5, 0.6) is 0 Å². The van der Waals surface area contributed by atoms with Gasteiger partial charge in [0.1, 0.15) is 11.9 Å². The first-order valence-corrected chi connectivity index (χ1v) is 11.6. The van der Waals surface area contributed by atoms with Gasteiger partial charge in [0, 0.05) is 56.7 Å². The summed E-state index contributed by atoms with van der Waals surface area (Å²) in [7, 11) is 5.72. The molecule has 184 valence electrons. The average molecular weight is 480 g/mol. The van der Waals surface area contributed by atoms with Gasteiger partial charge in [0.2, 0.25) is 0 Å². The lowest BCUT2D eigenvalue weighted by molar-refractivity contribution is -0.135. The molecule has 0 spiro atoms. The predicted octanol–water partition coefficient (Wildman–Crippen LogP) is 5.20. The third-order valence-electron chi connectivity index (χ3n) is 6.18. The Morgan fingerprint density at radius 2 is 2.06 bits per heavy atom. The number of aromatic nitrogens is 3. The van der Waals surface area contributed by atoms with Gasteiger partial charge in [-0.25, -0.2) is 13.8 Å². The molecule has 4 rings (SSSR count). The molecular formula is C27H31F2N5O. The minimum atomic E-state index is -3.13. The minimum absolute atomic E-state index is 0.311. The predicted molar refractivity (Wildman–Crippen MR) is 136 cm³/mol. The standard InChI is InChI=1S/C27H31F2N5O/c1-5-18(16-33(2)3)19-8-6-9-20(14-19)23-12-11-22(21-15-30-34(4)17-21)26(31-23)32-24-10-7-13-27(28,29)25(24)35/h5-6,8-9,11-12,14-17,24-25,35H,1,7,10,13H2,2-4H3,(H,31,32)/b18-16+/t24-,25-/m0/s1. The number of pyridine rings is 1. The van der Waals surface area contributed by atoms with Gasteiger partial charge in [-0.1, -0.05) is 30.9 Å². The molecule has 2 heterocycles. The average Bonchev–Trinajstić information content (AvgIpc) is 3.26. The van der Waals surface area contributed by atoms with Gasteiger partial charge in [-0.15, -0.1) is 0 Å². The van der Waals surface area contributed by atoms with E-state index in [2.05, 4.69) is 17.0 Å². The van der Waals surface area contributed by atoms with Crippen molar-refractivity contribution in [3.05, 3.63) is 73.2 Å². The summed E-state index contributed by atoms with van der Waals surface area (Å²) in [6.45, 7) is 3.92. The zero-order chi connectivity index (χ0) is 25.2. The SMILES string of the molecule is C=C/C(=C\N(C)C)c1cccc(-c2ccc(-c3cnn(C)c3)c(N[C@H]3CCCC(F)(F)[C@H]3O)n2)c1. The summed E-state index contributed by atoms with van der Waals surface area (Å²) in [4.78, 5) is 6.79. The van der Waals surface area contributed by atoms with Crippen LogP contribution in [0.3, 0.4) is 0 Å². The molecule has 0 unspecified atom stereocenters. The molecule has 2 aromatic heterocycles. The van der Waals surface area contributed by atoms with Crippen LogP contribution in [0.4, 0.5) is 14.6 Å². The maximum Gasteiger partial charge on any atom is 0.275 e. The fourth-order valence-electron chi connectivity index (χ4n) is 4.39. The van der Waals surface area contributed by atoms with Crippen molar-refractivity contribution in [2.24, 2.45) is 7.05 Å². The van der Waals surface area contributed by atoms with Crippen LogP contribution in [-0.4, -0.2) is 56.9 Å². The highest BCUT2D eigenvalue weighted by atomic mass is 19.3. The Kier molecular flexibility index (Phi) is 7.03. The number of aliphatic hydroxyl groups is 1. The summed E-state index contributed by atoms with van der Waals surface area (Å²) in [6.07, 6.45) is 6.01. The number of hydrogen-bond acceptors (Lipinski definition) is 5. The van der Waals surface area contributed by atoms with Crippen molar-refractivity contribution in [3.63, 3.8) is 0 Å². The van der Waals surface area contributed by atoms with E-state index in [1.54, 1.807) is 17.0 Å². The van der Waals surface area contributed by atoms with E-state index in [4.69, 9.17) is 4.98 Å². The summed E-state index contributed by atoms with van der Waals surface area (Å²) in [5, 5.41) is 17.7. The molecule has 0 amide bonds. The quantitative estimate of drug-likeness (QED) is 0.456. The van der Waals surface area contributed by atoms with Gasteiger partial charge in [-0.05, 0) is 42.2 Å². The van der Waals surface area contributed by atoms with Gasteiger partial charge in [-0.2, -0.15) is 5.10 Å². The molecule has 35 heavy (non-hydrogen) atoms. The van der Waals surface area contributed by atoms with Crippen molar-refractivity contribution in [2.75, 3.05) is 19.4 Å². The number of halogens is 2. The zero-order valence-electron chi connectivity index (χ0n) is 20.2. The number of alkyl halides is 2. The molecule has 0 saturated heterocycles. The van der Waals surface area contributed by atoms with E-state index in [1.807, 2.05) is 74.8 Å². The molecule has 1 aliphatic carbocycles. The summed E-state index contributed by atoms with van der Waals surface area (Å²) < 4.78 is 30.1. The first-order chi connectivity index (χ1) is 16.7. The lowest BCUT2D eigenvalue weighted by Crippen LogP contribution is -2.49. The number of aliphatic hydroxyl groups excluding tert-OH is 1. The number of benzene rings is 1. The van der Waals surface area contributed by atoms with E-state index in [-0.39, 0.29) is 6.42 Å². The van der Waals surface area contributed by atoms with Crippen molar-refractivity contribution in [1.82, 2.24) is 19.7 Å². The van der Waals surface area contributed by atoms with E-state index in [9.17, 15) is 13.9 Å². The molecule has 1 fully saturated rings. The van der Waals surface area contributed by atoms with E-state index < -0.39 is 18.1 Å². The first kappa shape index (κ1) is 24.6. The van der Waals surface area contributed by atoms with Crippen LogP contribution in [-0.2, 0) is 7.05 Å². The molecule has 1 aromatic carbocycles. The molecular weight excluding hydrogens is 448 g/mol. The molecule has 8 heteroatoms. The summed E-state index contributed by atoms with van der Waals surface area (Å²) >= 11 is 0.